The molecule has 0 bridgehead atoms. The van der Waals surface area contributed by atoms with Crippen molar-refractivity contribution in [3.8, 4) is 22.3 Å². The van der Waals surface area contributed by atoms with Crippen molar-refractivity contribution in [2.45, 2.75) is 51.1 Å². The van der Waals surface area contributed by atoms with Gasteiger partial charge in [-0.1, -0.05) is 279 Å². The molecule has 0 saturated carbocycles. The number of rotatable bonds is 56. The minimum absolute atomic E-state index is 0. The molecule has 31 nitrogen and oxygen atoms in total. The van der Waals surface area contributed by atoms with Crippen LogP contribution in [-0.2, 0) is 120 Å². The predicted octanol–water partition coefficient (Wildman–Crippen LogP) is 10.1. The third-order valence-corrected chi connectivity index (χ3v) is 20.1. The smallest absolute Gasteiger partial charge is 0.870 e. The van der Waals surface area contributed by atoms with Crippen LogP contribution in [0.5, 0.6) is 0 Å². The molecule has 2 aliphatic carbocycles. The van der Waals surface area contributed by atoms with Gasteiger partial charge in [0.15, 0.2) is 0 Å². The fourth-order valence-corrected chi connectivity index (χ4v) is 13.9. The summed E-state index contributed by atoms with van der Waals surface area (Å²) < 4.78 is 66.1. The molecule has 11 N–H and O–H groups in total. The molecule has 0 saturated heterocycles. The topological polar surface area (TPSA) is 427 Å². The molecule has 2 aliphatic rings. The first kappa shape index (κ1) is 120. The number of halogens is 1. The van der Waals surface area contributed by atoms with Gasteiger partial charge in [-0.3, -0.25) is 14.7 Å². The number of amides is 1. The van der Waals surface area contributed by atoms with Crippen molar-refractivity contribution < 1.29 is 151 Å². The number of esters is 1. The molecule has 0 aromatic heterocycles. The summed E-state index contributed by atoms with van der Waals surface area (Å²) >= 11 is 5.25. The van der Waals surface area contributed by atoms with Gasteiger partial charge in [0.2, 0.25) is 0 Å². The van der Waals surface area contributed by atoms with E-state index in [1.54, 1.807) is 0 Å². The zero-order valence-electron chi connectivity index (χ0n) is 79.0. The van der Waals surface area contributed by atoms with Crippen LogP contribution < -0.4 is 46.3 Å². The average molecular weight is 1940 g/mol. The second-order valence-corrected chi connectivity index (χ2v) is 30.5. The van der Waals surface area contributed by atoms with Crippen LogP contribution >= 0.6 is 11.6 Å². The molecule has 742 valence electrons. The Morgan fingerprint density at radius 3 is 0.826 bits per heavy atom. The maximum atomic E-state index is 12.0. The summed E-state index contributed by atoms with van der Waals surface area (Å²) in [6.07, 6.45) is -0.493. The van der Waals surface area contributed by atoms with Gasteiger partial charge in [-0.15, -0.1) is 0 Å². The van der Waals surface area contributed by atoms with E-state index in [0.717, 1.165) is 58.9 Å². The van der Waals surface area contributed by atoms with Crippen molar-refractivity contribution in [3.63, 3.8) is 0 Å². The van der Waals surface area contributed by atoms with Gasteiger partial charge in [0.05, 0.1) is 126 Å². The number of hydrogen-bond donors (Lipinski definition) is 8. The number of carboxylic acids is 3. The molecule has 12 rings (SSSR count). The van der Waals surface area contributed by atoms with E-state index in [2.05, 4.69) is 199 Å². The number of fused-ring (bicyclic) bond motifs is 6. The second kappa shape index (κ2) is 77.2. The zero-order valence-corrected chi connectivity index (χ0v) is 81.7. The number of methoxy groups -OCH3 is 1. The number of carbonyl (C=O) groups excluding carboxylic acids is 3. The minimum Gasteiger partial charge on any atom is -0.870 e. The summed E-state index contributed by atoms with van der Waals surface area (Å²) in [5.41, 5.74) is 26.7. The number of hydrogen-bond acceptors (Lipinski definition) is 27. The number of ether oxygens (including phenoxy) is 13. The van der Waals surface area contributed by atoms with E-state index in [1.165, 1.54) is 85.0 Å². The summed E-state index contributed by atoms with van der Waals surface area (Å²) in [4.78, 5) is 71.3. The van der Waals surface area contributed by atoms with Crippen molar-refractivity contribution in [2.75, 3.05) is 205 Å². The van der Waals surface area contributed by atoms with Crippen molar-refractivity contribution in [2.24, 2.45) is 11.5 Å². The average Bonchev–Trinajstić information content (AvgIpc) is 1.62. The van der Waals surface area contributed by atoms with Crippen molar-refractivity contribution >= 4 is 47.0 Å². The molecule has 0 fully saturated rings. The molecule has 138 heavy (non-hydrogen) atoms. The Morgan fingerprint density at radius 1 is 0.319 bits per heavy atom. The minimum atomic E-state index is -1.02. The normalized spacial score (nSPS) is 11.1. The molecule has 0 unspecified atom stereocenters. The number of aliphatic hydroxyl groups excluding tert-OH is 2. The van der Waals surface area contributed by atoms with Crippen LogP contribution in [0.25, 0.3) is 22.3 Å². The molecule has 1 amide bonds. The SMILES string of the molecule is COC(=O)COCCOCCN(Cc1ccccc1)Cc1ccccc1.NCCOCCO.NCCOCCOCC(=O)O.O=C(Cl)OCC1c2ccccc2-c2ccccc21.O=C(O)COCCOCCN(Cc1ccccc1)Cc1ccccc1.O=C(O)COCCOCCNC(=O)OCC1c2ccccc2-c2ccccc21.OCCOCCN(Cc1ccccc1)Cc1ccccc1.[Na+].[OH-]. The summed E-state index contributed by atoms with van der Waals surface area (Å²) in [5, 5.41) is 44.6. The fourth-order valence-electron chi connectivity index (χ4n) is 13.8. The number of aliphatic carboxylic acids is 3. The van der Waals surface area contributed by atoms with Crippen LogP contribution in [0.4, 0.5) is 9.59 Å². The van der Waals surface area contributed by atoms with Gasteiger partial charge in [-0.2, -0.15) is 0 Å². The first-order chi connectivity index (χ1) is 66.5. The van der Waals surface area contributed by atoms with E-state index < -0.39 is 29.4 Å². The van der Waals surface area contributed by atoms with Gasteiger partial charge in [0, 0.05) is 102 Å². The van der Waals surface area contributed by atoms with Gasteiger partial charge < -0.3 is 109 Å². The molecular formula is C105H134ClN6NaO25. The fraction of sp³-hybridized carbons (Fsp3) is 0.371. The Morgan fingerprint density at radius 2 is 0.558 bits per heavy atom. The number of carboxylic acid groups (broad SMARTS) is 3. The Labute approximate surface area is 837 Å². The molecule has 10 aromatic carbocycles. The number of benzene rings is 10. The number of alkyl carbamates (subject to hydrolysis) is 1. The molecule has 10 aromatic rings. The third kappa shape index (κ3) is 53.5. The molecule has 0 aliphatic heterocycles. The van der Waals surface area contributed by atoms with E-state index in [-0.39, 0.29) is 119 Å². The van der Waals surface area contributed by atoms with Crippen molar-refractivity contribution in [3.05, 3.63) is 335 Å². The van der Waals surface area contributed by atoms with Crippen LogP contribution in [0.3, 0.4) is 0 Å². The van der Waals surface area contributed by atoms with E-state index >= 15 is 0 Å². The summed E-state index contributed by atoms with van der Waals surface area (Å²) in [7, 11) is 1.34. The van der Waals surface area contributed by atoms with Crippen LogP contribution in [0, 0.1) is 0 Å². The zero-order chi connectivity index (χ0) is 97.3. The number of nitrogens with zero attached hydrogens (tertiary/aromatic N) is 3. The summed E-state index contributed by atoms with van der Waals surface area (Å²) in [5.74, 6) is -3.21. The van der Waals surface area contributed by atoms with Gasteiger partial charge in [0.25, 0.3) is 0 Å². The Balaban J connectivity index is 0.000000345. The molecular weight excluding hydrogens is 1800 g/mol. The van der Waals surface area contributed by atoms with E-state index in [9.17, 15) is 28.8 Å². The van der Waals surface area contributed by atoms with Crippen LogP contribution in [0.15, 0.2) is 279 Å². The Hall–Kier alpha value is -10.6. The maximum Gasteiger partial charge on any atom is 1.00 e. The molecule has 0 heterocycles. The monoisotopic (exact) mass is 1940 g/mol. The largest absolute Gasteiger partial charge is 1.00 e. The third-order valence-electron chi connectivity index (χ3n) is 19.9. The molecule has 0 atom stereocenters. The Kier molecular flexibility index (Phi) is 67.0. The van der Waals surface area contributed by atoms with E-state index in [4.69, 9.17) is 101 Å². The quantitative estimate of drug-likeness (QED) is 0.00577. The maximum absolute atomic E-state index is 12.0. The van der Waals surface area contributed by atoms with Gasteiger partial charge in [0.1, 0.15) is 39.6 Å². The number of carbonyl (C=O) groups is 6. The molecule has 0 radical (unpaired) electrons. The molecule has 33 heteroatoms. The van der Waals surface area contributed by atoms with Crippen LogP contribution in [0.2, 0.25) is 0 Å². The molecule has 0 spiro atoms. The number of nitrogens with two attached hydrogens (primary N) is 2. The van der Waals surface area contributed by atoms with E-state index in [1.807, 2.05) is 109 Å². The van der Waals surface area contributed by atoms with Crippen LogP contribution in [-0.4, -0.2) is 286 Å². The second-order valence-electron chi connectivity index (χ2n) is 30.2. The van der Waals surface area contributed by atoms with Crippen LogP contribution in [0.1, 0.15) is 67.5 Å². The van der Waals surface area contributed by atoms with Crippen molar-refractivity contribution in [1.82, 2.24) is 20.0 Å². The van der Waals surface area contributed by atoms with Gasteiger partial charge >= 0.3 is 65.0 Å². The standard InChI is InChI=1S/C21H23NO6.C21H27NO4.C20H25NO4.C18H23NO2.C15H11ClO2.C6H13NO4.C4H11NO2.Na.H2O/c23-20(24)14-27-12-11-26-10-9-22-21(25)28-13-19-17-7-3-1-5-15(17)16-6-2-4-8-18(16)19;1-24-21(23)18-26-15-14-25-13-12-22(16-19-8-4-2-5-9-19)17-20-10-6-3-7-11-20;22-20(23)17-25-14-13-24-12-11-21(15-18-7-3-1-4-8-18)16-19-9-5-2-6-10-19;20-12-14-21-13-11-19(15-17-7-3-1-4-8-17)16-18-9-5-2-6-10-18;16-15(17)18-9-14-12-7-3-1-5-10(12)11-6-2-4-8-13(11)14;7-1-2-10-3-4-11-5-6(8)9;5-1-3-7-4-2-6;;/h1-8,19H,9-14H2,(H,22,25)(H,23,24);2-11H,12-18H2,1H3;1-10H,11-17H2,(H,22,23);1-10,20H,11-16H2;1-8,14H,9H2;1-5,7H2,(H,8,9);6H,1-5H2;;1H2/q;;;;;;;+1;/p-1. The summed E-state index contributed by atoms with van der Waals surface area (Å²) in [6, 6.07) is 95.2. The first-order valence-corrected chi connectivity index (χ1v) is 45.5. The van der Waals surface area contributed by atoms with E-state index in [0.29, 0.717) is 112 Å². The predicted molar refractivity (Wildman–Crippen MR) is 522 cm³/mol. The van der Waals surface area contributed by atoms with Crippen molar-refractivity contribution in [1.29, 1.82) is 0 Å². The number of aliphatic hydroxyl groups is 2. The first-order valence-electron chi connectivity index (χ1n) is 45.1. The van der Waals surface area contributed by atoms with Gasteiger partial charge in [-0.05, 0) is 77.9 Å². The summed E-state index contributed by atoms with van der Waals surface area (Å²) in [6.45, 7) is 15.5. The Bertz CT molecular complexity index is 4610. The van der Waals surface area contributed by atoms with Gasteiger partial charge in [-0.25, -0.2) is 28.8 Å². The number of nitrogens with one attached hydrogen (secondary N) is 1.